The molecule has 4 fully saturated rings. The van der Waals surface area contributed by atoms with Crippen LogP contribution in [-0.4, -0.2) is 67.3 Å². The van der Waals surface area contributed by atoms with Gasteiger partial charge in [-0.15, -0.1) is 0 Å². The minimum absolute atomic E-state index is 0.0391. The molecule has 0 spiro atoms. The van der Waals surface area contributed by atoms with Crippen molar-refractivity contribution in [3.63, 3.8) is 0 Å². The van der Waals surface area contributed by atoms with Crippen molar-refractivity contribution in [1.29, 1.82) is 0 Å². The van der Waals surface area contributed by atoms with Gasteiger partial charge in [0.1, 0.15) is 0 Å². The van der Waals surface area contributed by atoms with Crippen LogP contribution in [0.5, 0.6) is 0 Å². The monoisotopic (exact) mass is 480 g/mol. The first-order chi connectivity index (χ1) is 15.8. The van der Waals surface area contributed by atoms with Crippen LogP contribution in [0.2, 0.25) is 0 Å². The van der Waals surface area contributed by atoms with Crippen LogP contribution in [0.15, 0.2) is 12.2 Å². The summed E-state index contributed by atoms with van der Waals surface area (Å²) >= 11 is 0. The van der Waals surface area contributed by atoms with Gasteiger partial charge in [0.15, 0.2) is 0 Å². The molecule has 0 aromatic rings. The molecular formula is C28H48O6. The van der Waals surface area contributed by atoms with Crippen molar-refractivity contribution in [1.82, 2.24) is 0 Å². The zero-order valence-corrected chi connectivity index (χ0v) is 21.5. The molecule has 4 rings (SSSR count). The predicted octanol–water partition coefficient (Wildman–Crippen LogP) is 2.63. The molecule has 5 unspecified atom stereocenters. The standard InChI is InChI=1S/C28H48O6/c1-15(17(3)14-29)6-7-16(2)22-23(32)24(33)25-27(22,5)11-9-21-26(4)10-8-18(30)12-19(26)20(31)13-28(21,25)34/h16-25,29-34H,1,6-14H2,2-5H3/t16?,17-,18-,19?,20+,21?,22-,23+,24?,25?,26-,27+,28-/m0/s1. The first-order valence-corrected chi connectivity index (χ1v) is 13.5. The van der Waals surface area contributed by atoms with Gasteiger partial charge in [0, 0.05) is 18.9 Å². The number of hydrogen-bond donors (Lipinski definition) is 6. The van der Waals surface area contributed by atoms with E-state index in [1.165, 1.54) is 0 Å². The van der Waals surface area contributed by atoms with Crippen molar-refractivity contribution >= 4 is 0 Å². The molecule has 13 atom stereocenters. The topological polar surface area (TPSA) is 121 Å². The Morgan fingerprint density at radius 1 is 1.00 bits per heavy atom. The summed E-state index contributed by atoms with van der Waals surface area (Å²) in [6.45, 7) is 12.6. The molecule has 6 heteroatoms. The minimum atomic E-state index is -1.25. The van der Waals surface area contributed by atoms with Crippen molar-refractivity contribution in [2.45, 2.75) is 109 Å². The number of aliphatic hydroxyl groups is 6. The third-order valence-corrected chi connectivity index (χ3v) is 11.3. The second kappa shape index (κ2) is 9.11. The lowest BCUT2D eigenvalue weighted by Crippen LogP contribution is -2.68. The average molecular weight is 481 g/mol. The van der Waals surface area contributed by atoms with Gasteiger partial charge in [0.05, 0.1) is 30.0 Å². The summed E-state index contributed by atoms with van der Waals surface area (Å²) in [7, 11) is 0. The largest absolute Gasteiger partial charge is 0.396 e. The van der Waals surface area contributed by atoms with Crippen LogP contribution in [0.25, 0.3) is 0 Å². The molecule has 0 saturated heterocycles. The first kappa shape index (κ1) is 26.6. The molecule has 6 nitrogen and oxygen atoms in total. The van der Waals surface area contributed by atoms with Gasteiger partial charge in [-0.05, 0) is 85.4 Å². The van der Waals surface area contributed by atoms with E-state index in [4.69, 9.17) is 0 Å². The maximum Gasteiger partial charge on any atom is 0.0863 e. The molecule has 0 aliphatic heterocycles. The Kier molecular flexibility index (Phi) is 7.12. The number of aliphatic hydroxyl groups excluding tert-OH is 5. The molecule has 0 radical (unpaired) electrons. The molecule has 0 aromatic carbocycles. The van der Waals surface area contributed by atoms with Gasteiger partial charge in [0.2, 0.25) is 0 Å². The molecule has 6 N–H and O–H groups in total. The van der Waals surface area contributed by atoms with Gasteiger partial charge >= 0.3 is 0 Å². The molecule has 196 valence electrons. The Morgan fingerprint density at radius 3 is 2.29 bits per heavy atom. The van der Waals surface area contributed by atoms with Gasteiger partial charge in [-0.1, -0.05) is 39.8 Å². The van der Waals surface area contributed by atoms with Crippen molar-refractivity contribution in [2.75, 3.05) is 6.61 Å². The van der Waals surface area contributed by atoms with E-state index >= 15 is 0 Å². The molecule has 4 saturated carbocycles. The van der Waals surface area contributed by atoms with Gasteiger partial charge in [-0.3, -0.25) is 0 Å². The van der Waals surface area contributed by atoms with Gasteiger partial charge in [0.25, 0.3) is 0 Å². The van der Waals surface area contributed by atoms with Crippen molar-refractivity contribution < 1.29 is 30.6 Å². The summed E-state index contributed by atoms with van der Waals surface area (Å²) in [6, 6.07) is 0. The Balaban J connectivity index is 1.62. The highest BCUT2D eigenvalue weighted by Crippen LogP contribution is 2.69. The summed E-state index contributed by atoms with van der Waals surface area (Å²) in [5.41, 5.74) is -0.978. The summed E-state index contributed by atoms with van der Waals surface area (Å²) in [5.74, 6) is -0.629. The first-order valence-electron chi connectivity index (χ1n) is 13.5. The lowest BCUT2D eigenvalue weighted by atomic mass is 9.42. The minimum Gasteiger partial charge on any atom is -0.396 e. The second-order valence-corrected chi connectivity index (χ2v) is 13.1. The Labute approximate surface area is 205 Å². The molecule has 0 heterocycles. The smallest absolute Gasteiger partial charge is 0.0863 e. The van der Waals surface area contributed by atoms with Crippen LogP contribution in [0.1, 0.15) is 79.1 Å². The summed E-state index contributed by atoms with van der Waals surface area (Å²) in [5, 5.41) is 66.0. The van der Waals surface area contributed by atoms with E-state index in [1.54, 1.807) is 0 Å². The molecular weight excluding hydrogens is 432 g/mol. The van der Waals surface area contributed by atoms with E-state index in [0.717, 1.165) is 37.7 Å². The van der Waals surface area contributed by atoms with Crippen LogP contribution >= 0.6 is 0 Å². The van der Waals surface area contributed by atoms with Crippen molar-refractivity contribution in [3.05, 3.63) is 12.2 Å². The van der Waals surface area contributed by atoms with E-state index in [2.05, 4.69) is 27.4 Å². The van der Waals surface area contributed by atoms with Crippen molar-refractivity contribution in [3.8, 4) is 0 Å². The van der Waals surface area contributed by atoms with E-state index in [-0.39, 0.29) is 48.0 Å². The third-order valence-electron chi connectivity index (χ3n) is 11.3. The van der Waals surface area contributed by atoms with E-state index in [1.807, 2.05) is 6.92 Å². The van der Waals surface area contributed by atoms with Gasteiger partial charge in [-0.2, -0.15) is 0 Å². The zero-order chi connectivity index (χ0) is 25.2. The number of hydrogen-bond acceptors (Lipinski definition) is 6. The Bertz CT molecular complexity index is 772. The Hall–Kier alpha value is -0.500. The fraction of sp³-hybridized carbons (Fsp3) is 0.929. The highest BCUT2D eigenvalue weighted by Gasteiger charge is 2.72. The number of rotatable bonds is 6. The molecule has 0 bridgehead atoms. The quantitative estimate of drug-likeness (QED) is 0.325. The zero-order valence-electron chi connectivity index (χ0n) is 21.5. The number of fused-ring (bicyclic) bond motifs is 5. The van der Waals surface area contributed by atoms with Crippen LogP contribution in [0, 0.1) is 46.3 Å². The van der Waals surface area contributed by atoms with E-state index < -0.39 is 41.3 Å². The van der Waals surface area contributed by atoms with Gasteiger partial charge < -0.3 is 30.6 Å². The molecule has 4 aliphatic rings. The fourth-order valence-electron chi connectivity index (χ4n) is 9.48. The third kappa shape index (κ3) is 3.83. The van der Waals surface area contributed by atoms with Crippen molar-refractivity contribution in [2.24, 2.45) is 46.3 Å². The molecule has 4 aliphatic carbocycles. The molecule has 0 aromatic heterocycles. The fourth-order valence-corrected chi connectivity index (χ4v) is 9.48. The highest BCUT2D eigenvalue weighted by atomic mass is 16.3. The molecule has 0 amide bonds. The SMILES string of the molecule is C=C(CCC(C)[C@H]1[C@@H](O)C(O)C2[C@]3(O)C[C@@H](O)C4C[C@@H](O)CC[C@]4(C)C3CC[C@@]21C)[C@@H](C)CO. The van der Waals surface area contributed by atoms with E-state index in [9.17, 15) is 30.6 Å². The van der Waals surface area contributed by atoms with E-state index in [0.29, 0.717) is 12.8 Å². The van der Waals surface area contributed by atoms with Gasteiger partial charge in [-0.25, -0.2) is 0 Å². The predicted molar refractivity (Wildman–Crippen MR) is 131 cm³/mol. The summed E-state index contributed by atoms with van der Waals surface area (Å²) < 4.78 is 0. The molecule has 34 heavy (non-hydrogen) atoms. The van der Waals surface area contributed by atoms with Crippen LogP contribution < -0.4 is 0 Å². The van der Waals surface area contributed by atoms with Crippen LogP contribution in [0.3, 0.4) is 0 Å². The normalized spacial score (nSPS) is 52.3. The second-order valence-electron chi connectivity index (χ2n) is 13.1. The average Bonchev–Trinajstić information content (AvgIpc) is 2.98. The lowest BCUT2D eigenvalue weighted by Gasteiger charge is -2.65. The highest BCUT2D eigenvalue weighted by molar-refractivity contribution is 5.21. The lowest BCUT2D eigenvalue weighted by molar-refractivity contribution is -0.264. The summed E-state index contributed by atoms with van der Waals surface area (Å²) in [6.07, 6.45) is 2.29. The summed E-state index contributed by atoms with van der Waals surface area (Å²) in [4.78, 5) is 0. The van der Waals surface area contributed by atoms with Crippen LogP contribution in [0.4, 0.5) is 0 Å². The Morgan fingerprint density at radius 2 is 1.65 bits per heavy atom. The maximum atomic E-state index is 12.3. The van der Waals surface area contributed by atoms with Crippen LogP contribution in [-0.2, 0) is 0 Å². The maximum absolute atomic E-state index is 12.3.